The quantitative estimate of drug-likeness (QED) is 0.0222. The number of hydrogen-bond acceptors (Lipinski definition) is 15. The molecule has 0 rings (SSSR count). The van der Waals surface area contributed by atoms with E-state index in [1.54, 1.807) is 0 Å². The van der Waals surface area contributed by atoms with E-state index in [4.69, 9.17) is 37.0 Å². The molecule has 0 aliphatic carbocycles. The van der Waals surface area contributed by atoms with Crippen molar-refractivity contribution in [1.29, 1.82) is 0 Å². The molecule has 540 valence electrons. The summed E-state index contributed by atoms with van der Waals surface area (Å²) in [5.41, 5.74) is 0. The lowest BCUT2D eigenvalue weighted by molar-refractivity contribution is -0.161. The molecule has 0 aromatic rings. The van der Waals surface area contributed by atoms with Crippen LogP contribution in [0.15, 0.2) is 0 Å². The first-order valence-corrected chi connectivity index (χ1v) is 40.6. The number of esters is 4. The highest BCUT2D eigenvalue weighted by Gasteiger charge is 2.30. The summed E-state index contributed by atoms with van der Waals surface area (Å²) in [4.78, 5) is 72.3. The van der Waals surface area contributed by atoms with Gasteiger partial charge in [-0.05, 0) is 37.5 Å². The number of phosphoric ester groups is 2. The fourth-order valence-electron chi connectivity index (χ4n) is 10.9. The zero-order valence-corrected chi connectivity index (χ0v) is 60.9. The van der Waals surface area contributed by atoms with Gasteiger partial charge < -0.3 is 33.8 Å². The third-order valence-electron chi connectivity index (χ3n) is 17.4. The summed E-state index contributed by atoms with van der Waals surface area (Å²) in [6, 6.07) is 0. The fraction of sp³-hybridized carbons (Fsp3) is 0.944. The number of phosphoric acid groups is 2. The van der Waals surface area contributed by atoms with Crippen molar-refractivity contribution in [3.8, 4) is 0 Å². The van der Waals surface area contributed by atoms with Crippen molar-refractivity contribution in [3.05, 3.63) is 0 Å². The number of unbranched alkanes of at least 4 members (excludes halogenated alkanes) is 39. The Balaban J connectivity index is 5.10. The maximum atomic E-state index is 13.0. The van der Waals surface area contributed by atoms with Crippen LogP contribution in [0.25, 0.3) is 0 Å². The molecule has 0 bridgehead atoms. The highest BCUT2D eigenvalue weighted by Crippen LogP contribution is 2.45. The lowest BCUT2D eigenvalue weighted by Gasteiger charge is -2.21. The summed E-state index contributed by atoms with van der Waals surface area (Å²) in [6.07, 6.45) is 50.3. The summed E-state index contributed by atoms with van der Waals surface area (Å²) >= 11 is 0. The van der Waals surface area contributed by atoms with Gasteiger partial charge in [0.15, 0.2) is 12.2 Å². The highest BCUT2D eigenvalue weighted by molar-refractivity contribution is 7.47. The van der Waals surface area contributed by atoms with E-state index in [1.165, 1.54) is 180 Å². The molecule has 3 N–H and O–H groups in total. The topological polar surface area (TPSA) is 237 Å². The van der Waals surface area contributed by atoms with Crippen molar-refractivity contribution in [2.24, 2.45) is 11.8 Å². The number of carbonyl (C=O) groups is 4. The van der Waals surface area contributed by atoms with Crippen LogP contribution >= 0.6 is 15.6 Å². The van der Waals surface area contributed by atoms with Gasteiger partial charge in [-0.3, -0.25) is 37.3 Å². The molecule has 0 fully saturated rings. The van der Waals surface area contributed by atoms with Crippen molar-refractivity contribution in [2.75, 3.05) is 39.6 Å². The van der Waals surface area contributed by atoms with Crippen LogP contribution in [0.1, 0.15) is 369 Å². The average Bonchev–Trinajstić information content (AvgIpc) is 2.37. The Kier molecular flexibility index (Phi) is 62.7. The van der Waals surface area contributed by atoms with Crippen LogP contribution in [0.2, 0.25) is 0 Å². The molecule has 0 spiro atoms. The zero-order chi connectivity index (χ0) is 67.2. The van der Waals surface area contributed by atoms with Crippen LogP contribution in [0, 0.1) is 11.8 Å². The molecule has 0 aliphatic heterocycles. The third-order valence-corrected chi connectivity index (χ3v) is 19.3. The maximum absolute atomic E-state index is 13.0. The second kappa shape index (κ2) is 64.1. The Bertz CT molecular complexity index is 1770. The van der Waals surface area contributed by atoms with Crippen LogP contribution < -0.4 is 0 Å². The van der Waals surface area contributed by atoms with Gasteiger partial charge in [0.2, 0.25) is 0 Å². The molecule has 0 aromatic heterocycles. The number of carbonyl (C=O) groups excluding carboxylic acids is 4. The lowest BCUT2D eigenvalue weighted by atomic mass is 9.99. The molecule has 0 saturated heterocycles. The van der Waals surface area contributed by atoms with Gasteiger partial charge >= 0.3 is 39.5 Å². The van der Waals surface area contributed by atoms with E-state index in [-0.39, 0.29) is 25.7 Å². The van der Waals surface area contributed by atoms with Gasteiger partial charge in [0.1, 0.15) is 19.3 Å². The van der Waals surface area contributed by atoms with Gasteiger partial charge in [0.05, 0.1) is 26.4 Å². The molecular weight excluding hydrogens is 1200 g/mol. The Morgan fingerprint density at radius 3 is 0.780 bits per heavy atom. The van der Waals surface area contributed by atoms with Gasteiger partial charge in [0.25, 0.3) is 0 Å². The Labute approximate surface area is 556 Å². The minimum absolute atomic E-state index is 0.106. The van der Waals surface area contributed by atoms with Crippen molar-refractivity contribution < 1.29 is 80.2 Å². The minimum atomic E-state index is -4.95. The number of aliphatic hydroxyl groups excluding tert-OH is 1. The maximum Gasteiger partial charge on any atom is 0.472 e. The third kappa shape index (κ3) is 63.9. The van der Waals surface area contributed by atoms with Gasteiger partial charge in [-0.2, -0.15) is 0 Å². The molecule has 0 aromatic carbocycles. The zero-order valence-electron chi connectivity index (χ0n) is 59.1. The molecule has 17 nitrogen and oxygen atoms in total. The van der Waals surface area contributed by atoms with Crippen molar-refractivity contribution in [3.63, 3.8) is 0 Å². The monoisotopic (exact) mass is 1340 g/mol. The van der Waals surface area contributed by atoms with Crippen LogP contribution in [0.4, 0.5) is 0 Å². The highest BCUT2D eigenvalue weighted by atomic mass is 31.2. The fourth-order valence-corrected chi connectivity index (χ4v) is 12.5. The van der Waals surface area contributed by atoms with E-state index in [2.05, 4.69) is 41.5 Å². The summed E-state index contributed by atoms with van der Waals surface area (Å²) in [6.45, 7) is 9.54. The Hall–Kier alpha value is -1.94. The van der Waals surface area contributed by atoms with Crippen molar-refractivity contribution in [2.45, 2.75) is 387 Å². The first kappa shape index (κ1) is 89.1. The summed E-state index contributed by atoms with van der Waals surface area (Å²) < 4.78 is 68.1. The average molecular weight is 1340 g/mol. The first-order chi connectivity index (χ1) is 43.9. The van der Waals surface area contributed by atoms with E-state index in [9.17, 15) is 43.2 Å². The van der Waals surface area contributed by atoms with Crippen molar-refractivity contribution in [1.82, 2.24) is 0 Å². The number of hydrogen-bond donors (Lipinski definition) is 3. The van der Waals surface area contributed by atoms with E-state index >= 15 is 0 Å². The predicted octanol–water partition coefficient (Wildman–Crippen LogP) is 20.8. The molecular formula is C72H140O17P2. The molecule has 0 heterocycles. The first-order valence-electron chi connectivity index (χ1n) is 37.6. The normalized spacial score (nSPS) is 14.7. The number of ether oxygens (including phenoxy) is 4. The SMILES string of the molecule is CCCCCCCCCCCCCCC(=O)O[C@H](COC(=O)CCCCCCC)COP(=O)(O)OC[C@H](O)COP(=O)(O)OC[C@@H](COC(=O)CCCCCCCCCCC(C)CC)OC(=O)CCCCCCCCCCCCCCCCCCCCC(C)CC. The number of rotatable bonds is 71. The van der Waals surface area contributed by atoms with Crippen LogP contribution in [-0.2, 0) is 65.4 Å². The largest absolute Gasteiger partial charge is 0.472 e. The molecule has 19 heteroatoms. The summed E-state index contributed by atoms with van der Waals surface area (Å²) in [5, 5.41) is 10.6. The van der Waals surface area contributed by atoms with E-state index in [1.807, 2.05) is 0 Å². The van der Waals surface area contributed by atoms with Gasteiger partial charge in [-0.1, -0.05) is 318 Å². The van der Waals surface area contributed by atoms with E-state index in [0.717, 1.165) is 108 Å². The van der Waals surface area contributed by atoms with Crippen LogP contribution in [-0.4, -0.2) is 96.7 Å². The summed E-state index contributed by atoms with van der Waals surface area (Å²) in [7, 11) is -9.89. The molecule has 0 aliphatic rings. The molecule has 0 amide bonds. The molecule has 4 unspecified atom stereocenters. The second-order valence-electron chi connectivity index (χ2n) is 26.5. The van der Waals surface area contributed by atoms with Crippen LogP contribution in [0.3, 0.4) is 0 Å². The Morgan fingerprint density at radius 1 is 0.308 bits per heavy atom. The second-order valence-corrected chi connectivity index (χ2v) is 29.4. The van der Waals surface area contributed by atoms with Gasteiger partial charge in [-0.15, -0.1) is 0 Å². The lowest BCUT2D eigenvalue weighted by Crippen LogP contribution is -2.30. The molecule has 91 heavy (non-hydrogen) atoms. The Morgan fingerprint density at radius 2 is 0.527 bits per heavy atom. The van der Waals surface area contributed by atoms with E-state index < -0.39 is 97.5 Å². The van der Waals surface area contributed by atoms with E-state index in [0.29, 0.717) is 25.7 Å². The van der Waals surface area contributed by atoms with Crippen LogP contribution in [0.5, 0.6) is 0 Å². The smallest absolute Gasteiger partial charge is 0.462 e. The van der Waals surface area contributed by atoms with Gasteiger partial charge in [-0.25, -0.2) is 9.13 Å². The minimum Gasteiger partial charge on any atom is -0.462 e. The van der Waals surface area contributed by atoms with Gasteiger partial charge in [0, 0.05) is 25.7 Å². The predicted molar refractivity (Wildman–Crippen MR) is 368 cm³/mol. The standard InChI is InChI=1S/C72H140O17P2/c1-7-11-13-15-16-17-18-28-31-38-44-50-56-71(76)88-67(60-82-69(74)54-48-40-14-12-8-2)62-86-90(78,79)84-58-66(73)59-85-91(80,81)87-63-68(61-83-70(75)55-49-43-37-34-33-36-42-47-53-65(6)10-4)89-72(77)57-51-45-39-32-29-26-24-22-20-19-21-23-25-27-30-35-41-46-52-64(5)9-3/h64-68,73H,7-63H2,1-6H3,(H,78,79)(H,80,81)/t64?,65?,66-,67+,68+/m0/s1. The number of aliphatic hydroxyl groups is 1. The van der Waals surface area contributed by atoms with Crippen molar-refractivity contribution >= 4 is 39.5 Å². The molecule has 0 saturated carbocycles. The molecule has 0 radical (unpaired) electrons. The molecule has 7 atom stereocenters. The summed E-state index contributed by atoms with van der Waals surface area (Å²) in [5.74, 6) is -0.485.